The molecular formula is C23H18F4N2O3. The Morgan fingerprint density at radius 1 is 1.09 bits per heavy atom. The summed E-state index contributed by atoms with van der Waals surface area (Å²) in [4.78, 5) is 15.2. The number of hydrogen-bond donors (Lipinski definition) is 2. The molecular weight excluding hydrogens is 428 g/mol. The predicted molar refractivity (Wildman–Crippen MR) is 108 cm³/mol. The molecule has 2 aromatic carbocycles. The first-order valence-electron chi connectivity index (χ1n) is 9.72. The van der Waals surface area contributed by atoms with Crippen LogP contribution in [0.4, 0.5) is 23.2 Å². The normalized spacial score (nSPS) is 17.2. The van der Waals surface area contributed by atoms with Crippen LogP contribution in [0, 0.1) is 29.2 Å². The molecule has 0 radical (unpaired) electrons. The van der Waals surface area contributed by atoms with Gasteiger partial charge >= 0.3 is 5.97 Å². The van der Waals surface area contributed by atoms with Crippen molar-refractivity contribution < 1.29 is 32.2 Å². The summed E-state index contributed by atoms with van der Waals surface area (Å²) in [5.74, 6) is -5.74. The van der Waals surface area contributed by atoms with Gasteiger partial charge in [0.05, 0.1) is 24.9 Å². The van der Waals surface area contributed by atoms with Gasteiger partial charge in [0.2, 0.25) is 0 Å². The lowest BCUT2D eigenvalue weighted by atomic mass is 10.0. The van der Waals surface area contributed by atoms with Crippen LogP contribution in [-0.4, -0.2) is 23.2 Å². The second-order valence-electron chi connectivity index (χ2n) is 7.51. The van der Waals surface area contributed by atoms with Crippen LogP contribution in [0.5, 0.6) is 5.75 Å². The van der Waals surface area contributed by atoms with E-state index in [0.717, 1.165) is 19.2 Å². The third-order valence-electron chi connectivity index (χ3n) is 5.41. The molecule has 0 bridgehead atoms. The summed E-state index contributed by atoms with van der Waals surface area (Å²) in [5.41, 5.74) is 1.04. The zero-order valence-electron chi connectivity index (χ0n) is 16.8. The molecule has 0 spiro atoms. The molecule has 1 aromatic heterocycles. The van der Waals surface area contributed by atoms with Crippen molar-refractivity contribution in [2.75, 3.05) is 12.4 Å². The van der Waals surface area contributed by atoms with Crippen molar-refractivity contribution >= 4 is 11.7 Å². The summed E-state index contributed by atoms with van der Waals surface area (Å²) < 4.78 is 61.3. The zero-order chi connectivity index (χ0) is 23.0. The number of nitrogens with zero attached hydrogens (tertiary/aromatic N) is 1. The number of pyridine rings is 1. The van der Waals surface area contributed by atoms with Crippen LogP contribution in [0.2, 0.25) is 0 Å². The summed E-state index contributed by atoms with van der Waals surface area (Å²) in [6, 6.07) is 7.07. The van der Waals surface area contributed by atoms with Crippen LogP contribution in [-0.2, 0) is 11.3 Å². The van der Waals surface area contributed by atoms with Crippen molar-refractivity contribution in [1.82, 2.24) is 4.98 Å². The predicted octanol–water partition coefficient (Wildman–Crippen LogP) is 5.11. The van der Waals surface area contributed by atoms with Crippen molar-refractivity contribution in [3.8, 4) is 16.9 Å². The summed E-state index contributed by atoms with van der Waals surface area (Å²) in [5, 5.41) is 12.0. The highest BCUT2D eigenvalue weighted by molar-refractivity contribution is 5.75. The third kappa shape index (κ3) is 4.23. The fourth-order valence-corrected chi connectivity index (χ4v) is 3.58. The van der Waals surface area contributed by atoms with E-state index >= 15 is 0 Å². The molecule has 0 aliphatic heterocycles. The van der Waals surface area contributed by atoms with E-state index in [4.69, 9.17) is 5.11 Å². The molecule has 5 nitrogen and oxygen atoms in total. The second-order valence-corrected chi connectivity index (χ2v) is 7.51. The highest BCUT2D eigenvalue weighted by Gasteiger charge is 2.45. The lowest BCUT2D eigenvalue weighted by Gasteiger charge is -2.12. The first-order valence-corrected chi connectivity index (χ1v) is 9.72. The Morgan fingerprint density at radius 3 is 2.38 bits per heavy atom. The van der Waals surface area contributed by atoms with E-state index in [-0.39, 0.29) is 29.2 Å². The third-order valence-corrected chi connectivity index (χ3v) is 5.41. The van der Waals surface area contributed by atoms with Gasteiger partial charge in [-0.1, -0.05) is 0 Å². The lowest BCUT2D eigenvalue weighted by molar-refractivity contribution is -0.138. The molecule has 1 fully saturated rings. The standard InChI is InChI=1S/C23H18F4N2O3/c1-32-22-19(26)5-11(6-20(22)27)14-4-12(17(24)8-18(14)25)9-28-13-2-3-21(29-10-13)15-7-16(15)23(30)31/h2-6,8,10,15-16,28H,7,9H2,1H3,(H,30,31)/t15-,16-/m0/s1. The monoisotopic (exact) mass is 446 g/mol. The summed E-state index contributed by atoms with van der Waals surface area (Å²) in [7, 11) is 1.11. The maximum Gasteiger partial charge on any atom is 0.307 e. The van der Waals surface area contributed by atoms with Crippen LogP contribution in [0.3, 0.4) is 0 Å². The highest BCUT2D eigenvalue weighted by atomic mass is 19.1. The molecule has 2 atom stereocenters. The van der Waals surface area contributed by atoms with Gasteiger partial charge in [0, 0.05) is 35.3 Å². The van der Waals surface area contributed by atoms with Gasteiger partial charge in [-0.2, -0.15) is 0 Å². The second kappa shape index (κ2) is 8.49. The van der Waals surface area contributed by atoms with Gasteiger partial charge in [0.25, 0.3) is 0 Å². The minimum atomic E-state index is -1.00. The maximum atomic E-state index is 14.4. The van der Waals surface area contributed by atoms with E-state index in [1.807, 2.05) is 0 Å². The quantitative estimate of drug-likeness (QED) is 0.494. The number of halogens is 4. The SMILES string of the molecule is COc1c(F)cc(-c2cc(CNc3ccc([C@H]4C[C@@H]4C(=O)O)nc3)c(F)cc2F)cc1F. The number of benzene rings is 2. The van der Waals surface area contributed by atoms with Gasteiger partial charge in [-0.15, -0.1) is 0 Å². The van der Waals surface area contributed by atoms with Crippen LogP contribution >= 0.6 is 0 Å². The van der Waals surface area contributed by atoms with Gasteiger partial charge in [0.1, 0.15) is 11.6 Å². The molecule has 2 N–H and O–H groups in total. The molecule has 0 saturated heterocycles. The number of rotatable bonds is 7. The Kier molecular flexibility index (Phi) is 5.73. The van der Waals surface area contributed by atoms with Crippen molar-refractivity contribution in [2.45, 2.75) is 18.9 Å². The van der Waals surface area contributed by atoms with E-state index in [1.165, 1.54) is 12.3 Å². The van der Waals surface area contributed by atoms with Crippen molar-refractivity contribution in [3.05, 3.63) is 77.1 Å². The van der Waals surface area contributed by atoms with Gasteiger partial charge < -0.3 is 15.2 Å². The number of nitrogens with one attached hydrogen (secondary N) is 1. The van der Waals surface area contributed by atoms with E-state index < -0.39 is 40.9 Å². The molecule has 3 aromatic rings. The topological polar surface area (TPSA) is 71.5 Å². The van der Waals surface area contributed by atoms with Crippen molar-refractivity contribution in [2.24, 2.45) is 5.92 Å². The fraction of sp³-hybridized carbons (Fsp3) is 0.217. The van der Waals surface area contributed by atoms with Crippen LogP contribution in [0.1, 0.15) is 23.6 Å². The van der Waals surface area contributed by atoms with Crippen LogP contribution < -0.4 is 10.1 Å². The molecule has 0 amide bonds. The van der Waals surface area contributed by atoms with Gasteiger partial charge in [-0.25, -0.2) is 17.6 Å². The highest BCUT2D eigenvalue weighted by Crippen LogP contribution is 2.46. The molecule has 1 aliphatic carbocycles. The summed E-state index contributed by atoms with van der Waals surface area (Å²) in [6.07, 6.45) is 2.05. The van der Waals surface area contributed by atoms with E-state index in [0.29, 0.717) is 23.9 Å². The largest absolute Gasteiger partial charge is 0.491 e. The Morgan fingerprint density at radius 2 is 1.81 bits per heavy atom. The van der Waals surface area contributed by atoms with Gasteiger partial charge in [0.15, 0.2) is 17.4 Å². The molecule has 1 heterocycles. The summed E-state index contributed by atoms with van der Waals surface area (Å²) >= 11 is 0. The van der Waals surface area contributed by atoms with Crippen molar-refractivity contribution in [1.29, 1.82) is 0 Å². The number of aromatic nitrogens is 1. The zero-order valence-corrected chi connectivity index (χ0v) is 16.8. The molecule has 1 aliphatic rings. The smallest absolute Gasteiger partial charge is 0.307 e. The molecule has 4 rings (SSSR count). The number of aliphatic carboxylic acids is 1. The molecule has 9 heteroatoms. The van der Waals surface area contributed by atoms with Crippen LogP contribution in [0.15, 0.2) is 42.6 Å². The minimum Gasteiger partial charge on any atom is -0.491 e. The Bertz CT molecular complexity index is 1160. The van der Waals surface area contributed by atoms with Gasteiger partial charge in [-0.05, 0) is 42.3 Å². The van der Waals surface area contributed by atoms with E-state index in [1.54, 1.807) is 12.1 Å². The van der Waals surface area contributed by atoms with Gasteiger partial charge in [-0.3, -0.25) is 9.78 Å². The van der Waals surface area contributed by atoms with E-state index in [2.05, 4.69) is 15.0 Å². The number of anilines is 1. The van der Waals surface area contributed by atoms with E-state index in [9.17, 15) is 22.4 Å². The average Bonchev–Trinajstić information content (AvgIpc) is 3.54. The minimum absolute atomic E-state index is 0.0392. The number of hydrogen-bond acceptors (Lipinski definition) is 4. The Balaban J connectivity index is 1.52. The molecule has 0 unspecified atom stereocenters. The fourth-order valence-electron chi connectivity index (χ4n) is 3.58. The number of methoxy groups -OCH3 is 1. The number of carboxylic acids is 1. The summed E-state index contributed by atoms with van der Waals surface area (Å²) in [6.45, 7) is -0.0392. The van der Waals surface area contributed by atoms with Crippen LogP contribution in [0.25, 0.3) is 11.1 Å². The number of ether oxygens (including phenoxy) is 1. The number of carboxylic acid groups (broad SMARTS) is 1. The molecule has 32 heavy (non-hydrogen) atoms. The Hall–Kier alpha value is -3.62. The number of carbonyl (C=O) groups is 1. The first kappa shape index (κ1) is 21.6. The molecule has 1 saturated carbocycles. The van der Waals surface area contributed by atoms with Crippen molar-refractivity contribution in [3.63, 3.8) is 0 Å². The average molecular weight is 446 g/mol. The lowest BCUT2D eigenvalue weighted by Crippen LogP contribution is -2.05. The Labute approximate surface area is 180 Å². The first-order chi connectivity index (χ1) is 15.3. The molecule has 166 valence electrons. The maximum absolute atomic E-state index is 14.4.